The zero-order valence-electron chi connectivity index (χ0n) is 57.9. The van der Waals surface area contributed by atoms with Crippen molar-refractivity contribution in [2.75, 3.05) is 6.61 Å². The van der Waals surface area contributed by atoms with Crippen molar-refractivity contribution in [3.63, 3.8) is 0 Å². The van der Waals surface area contributed by atoms with E-state index in [2.05, 4.69) is 13.8 Å². The second-order valence-corrected chi connectivity index (χ2v) is 27.0. The Bertz CT molecular complexity index is 2470. The highest BCUT2D eigenvalue weighted by atomic mass is 16.8. The molecule has 1 aromatic rings. The summed E-state index contributed by atoms with van der Waals surface area (Å²) < 4.78 is 89.3. The second kappa shape index (κ2) is 41.3. The first-order valence-corrected chi connectivity index (χ1v) is 36.1. The van der Waals surface area contributed by atoms with Gasteiger partial charge in [0.05, 0.1) is 37.1 Å². The van der Waals surface area contributed by atoms with Crippen LogP contribution < -0.4 is 0 Å². The quantitative estimate of drug-likeness (QED) is 0.0197. The van der Waals surface area contributed by atoms with Gasteiger partial charge in [-0.3, -0.25) is 14.4 Å². The van der Waals surface area contributed by atoms with Gasteiger partial charge in [-0.1, -0.05) is 160 Å². The molecule has 0 aromatic heterocycles. The van der Waals surface area contributed by atoms with E-state index < -0.39 is 184 Å². The lowest BCUT2D eigenvalue weighted by Crippen LogP contribution is -2.68. The van der Waals surface area contributed by atoms with Crippen LogP contribution in [0.3, 0.4) is 0 Å². The number of carbonyl (C=O) groups excluding carboxylic acids is 4. The monoisotopic (exact) mass is 1380 g/mol. The number of unbranched alkanes of at least 4 members (excludes halogenated alkanes) is 10. The van der Waals surface area contributed by atoms with Crippen molar-refractivity contribution in [3.05, 3.63) is 42.0 Å². The van der Waals surface area contributed by atoms with E-state index in [1.54, 1.807) is 37.3 Å². The maximum Gasteiger partial charge on any atom is 0.331 e. The minimum absolute atomic E-state index is 0.0146. The average molecular weight is 1380 g/mol. The van der Waals surface area contributed by atoms with Crippen LogP contribution in [-0.2, 0) is 85.5 Å². The van der Waals surface area contributed by atoms with Crippen LogP contribution in [0.25, 0.3) is 6.08 Å². The van der Waals surface area contributed by atoms with Crippen molar-refractivity contribution in [3.8, 4) is 0 Å². The molecule has 0 saturated carbocycles. The van der Waals surface area contributed by atoms with Gasteiger partial charge in [-0.2, -0.15) is 0 Å². The van der Waals surface area contributed by atoms with Gasteiger partial charge >= 0.3 is 23.9 Å². The molecule has 26 atom stereocenters. The van der Waals surface area contributed by atoms with E-state index >= 15 is 0 Å². The number of benzene rings is 1. The molecule has 554 valence electrons. The van der Waals surface area contributed by atoms with Crippen LogP contribution in [0.1, 0.15) is 215 Å². The molecule has 0 amide bonds. The summed E-state index contributed by atoms with van der Waals surface area (Å²) in [7, 11) is 0. The normalized spacial score (nSPS) is 38.2. The summed E-state index contributed by atoms with van der Waals surface area (Å²) in [6, 6.07) is 8.86. The molecule has 6 heterocycles. The van der Waals surface area contributed by atoms with Crippen molar-refractivity contribution < 1.29 is 126 Å². The fourth-order valence-electron chi connectivity index (χ4n) is 13.3. The smallest absolute Gasteiger partial charge is 0.331 e. The highest BCUT2D eigenvalue weighted by Crippen LogP contribution is 2.40. The zero-order chi connectivity index (χ0) is 70.1. The minimum atomic E-state index is -2.05. The highest BCUT2D eigenvalue weighted by Gasteiger charge is 2.59. The summed E-state index contributed by atoms with van der Waals surface area (Å²) in [6.45, 7) is 11.4. The van der Waals surface area contributed by atoms with E-state index in [4.69, 9.17) is 66.3 Å². The van der Waals surface area contributed by atoms with Crippen molar-refractivity contribution in [2.45, 2.75) is 369 Å². The van der Waals surface area contributed by atoms with Gasteiger partial charge in [0.1, 0.15) is 73.2 Å². The van der Waals surface area contributed by atoms with Crippen molar-refractivity contribution in [1.29, 1.82) is 0 Å². The van der Waals surface area contributed by atoms with E-state index in [-0.39, 0.29) is 25.4 Å². The topological polar surface area (TPSA) is 359 Å². The van der Waals surface area contributed by atoms with Crippen LogP contribution in [0.2, 0.25) is 0 Å². The Morgan fingerprint density at radius 3 is 1.71 bits per heavy atom. The van der Waals surface area contributed by atoms with E-state index in [1.807, 2.05) is 6.92 Å². The molecular weight excluding hydrogens is 1270 g/mol. The number of carbonyl (C=O) groups is 4. The SMILES string of the molecule is CCCCCCCCCC(=O)O[C@H]1[C@H](O[C@@H]2[C@@H](O)[C@H]3OC(=O)CCCCCCCCC[C@H](CCCCC)O[C@@H]4O[C@H](C)[C@H](O)[C@H](O)[C@H]4O[C@@H]3O[C@H]2C)O[C@@H](C)[C@H](O[C@@H]2O[C@@H](C)[C@H](OC(=O)CCCCC)[C@@H](OC(=O)/C=C/c3ccccc3)[C@H]2O)[C@H]1O[C@@H]1O[C@H](CO)[C@@H](O)C(O)C1O. The molecule has 6 saturated heterocycles. The lowest BCUT2D eigenvalue weighted by Gasteiger charge is -2.51. The van der Waals surface area contributed by atoms with E-state index in [9.17, 15) is 60.0 Å². The molecule has 2 unspecified atom stereocenters. The van der Waals surface area contributed by atoms with Gasteiger partial charge in [0.15, 0.2) is 55.9 Å². The summed E-state index contributed by atoms with van der Waals surface area (Å²) in [5.74, 6) is -3.09. The minimum Gasteiger partial charge on any atom is -0.455 e. The number of fused-ring (bicyclic) bond motifs is 2. The van der Waals surface area contributed by atoms with Crippen LogP contribution >= 0.6 is 0 Å². The molecule has 6 aliphatic rings. The predicted octanol–water partition coefficient (Wildman–Crippen LogP) is 6.32. The fraction of sp³-hybridized carbons (Fsp3) is 0.831. The lowest BCUT2D eigenvalue weighted by atomic mass is 9.95. The standard InChI is InChI=1S/C71H114O26/c1-8-11-14-15-17-21-30-37-50(75)93-66-65(97-67-56(81)54(79)53(78)47(40-72)89-67)61(95-68-58(83)62(91-51(76)39-38-45-31-26-23-27-32-45)60(43(6)85-68)90-48(73)35-25-13-10-3)44(7)87-71(66)94-59-42(5)86-70-64(57(59)82)92-49(74)36-29-22-19-16-18-20-28-34-46(33-24-12-9-2)88-69-63(96-70)55(80)52(77)41(4)84-69/h23,26-27,31-32,38-39,41-44,46-47,52-72,77-83H,8-22,24-25,28-30,33-37,40H2,1-7H3/b39-38+/t41-,42+,43+,44+,46+,47-,52+,53-,54?,55+,56?,57-,58-,59+,60+,61+,62+,63-,64-,65-,66-,67+,68+,69+,70+,71+/m1/s1. The third kappa shape index (κ3) is 23.6. The Morgan fingerprint density at radius 1 is 0.474 bits per heavy atom. The Morgan fingerprint density at radius 2 is 1.02 bits per heavy atom. The molecule has 26 nitrogen and oxygen atoms in total. The Hall–Kier alpha value is -3.88. The van der Waals surface area contributed by atoms with Gasteiger partial charge in [-0.05, 0) is 71.4 Å². The Balaban J connectivity index is 1.25. The first-order valence-electron chi connectivity index (χ1n) is 36.1. The van der Waals surface area contributed by atoms with Gasteiger partial charge in [0, 0.05) is 25.3 Å². The largest absolute Gasteiger partial charge is 0.455 e. The van der Waals surface area contributed by atoms with E-state index in [1.165, 1.54) is 26.8 Å². The molecule has 8 N–H and O–H groups in total. The predicted molar refractivity (Wildman–Crippen MR) is 347 cm³/mol. The van der Waals surface area contributed by atoms with Crippen LogP contribution in [0.5, 0.6) is 0 Å². The van der Waals surface area contributed by atoms with Crippen LogP contribution in [0.15, 0.2) is 36.4 Å². The number of hydrogen-bond donors (Lipinski definition) is 8. The van der Waals surface area contributed by atoms with Crippen LogP contribution in [0, 0.1) is 0 Å². The number of aliphatic hydroxyl groups excluding tert-OH is 8. The lowest BCUT2D eigenvalue weighted by molar-refractivity contribution is -0.400. The summed E-state index contributed by atoms with van der Waals surface area (Å²) >= 11 is 0. The van der Waals surface area contributed by atoms with Gasteiger partial charge in [0.25, 0.3) is 0 Å². The molecule has 1 aromatic carbocycles. The van der Waals surface area contributed by atoms with Crippen molar-refractivity contribution in [2.24, 2.45) is 0 Å². The summed E-state index contributed by atoms with van der Waals surface area (Å²) in [6.07, 6.45) is -20.3. The van der Waals surface area contributed by atoms with Crippen LogP contribution in [0.4, 0.5) is 0 Å². The first-order chi connectivity index (χ1) is 46.7. The number of ether oxygens (including phenoxy) is 14. The molecule has 26 heteroatoms. The summed E-state index contributed by atoms with van der Waals surface area (Å²) in [5, 5.41) is 92.5. The maximum atomic E-state index is 14.5. The molecule has 6 aliphatic heterocycles. The van der Waals surface area contributed by atoms with Gasteiger partial charge < -0.3 is 107 Å². The fourth-order valence-corrected chi connectivity index (χ4v) is 13.3. The van der Waals surface area contributed by atoms with Crippen molar-refractivity contribution >= 4 is 30.0 Å². The number of aliphatic hydroxyl groups is 8. The molecule has 6 fully saturated rings. The Kier molecular flexibility index (Phi) is 34.2. The van der Waals surface area contributed by atoms with Gasteiger partial charge in [-0.25, -0.2) is 4.79 Å². The first kappa shape index (κ1) is 80.4. The third-order valence-corrected chi connectivity index (χ3v) is 19.1. The van der Waals surface area contributed by atoms with Gasteiger partial charge in [0.2, 0.25) is 0 Å². The Labute approximate surface area is 571 Å². The molecule has 0 radical (unpaired) electrons. The third-order valence-electron chi connectivity index (χ3n) is 19.1. The molecular formula is C71H114O26. The summed E-state index contributed by atoms with van der Waals surface area (Å²) in [5.41, 5.74) is 0.656. The molecule has 97 heavy (non-hydrogen) atoms. The second-order valence-electron chi connectivity index (χ2n) is 27.0. The molecule has 0 bridgehead atoms. The van der Waals surface area contributed by atoms with E-state index in [0.29, 0.717) is 44.1 Å². The average Bonchev–Trinajstić information content (AvgIpc) is 0.764. The van der Waals surface area contributed by atoms with E-state index in [0.717, 1.165) is 109 Å². The van der Waals surface area contributed by atoms with Gasteiger partial charge in [-0.15, -0.1) is 0 Å². The van der Waals surface area contributed by atoms with Crippen molar-refractivity contribution in [1.82, 2.24) is 0 Å². The van der Waals surface area contributed by atoms with Crippen LogP contribution in [-0.4, -0.2) is 231 Å². The molecule has 7 rings (SSSR count). The zero-order valence-corrected chi connectivity index (χ0v) is 57.9. The number of esters is 4. The highest BCUT2D eigenvalue weighted by molar-refractivity contribution is 5.87. The maximum absolute atomic E-state index is 14.5. The number of rotatable bonds is 28. The summed E-state index contributed by atoms with van der Waals surface area (Å²) in [4.78, 5) is 55.7. The molecule has 0 spiro atoms. The molecule has 0 aliphatic carbocycles. The number of hydrogen-bond acceptors (Lipinski definition) is 26.